The zero-order valence-corrected chi connectivity index (χ0v) is 9.42. The number of H-pyrrole nitrogens is 2. The van der Waals surface area contributed by atoms with Gasteiger partial charge in [-0.2, -0.15) is 5.10 Å². The Morgan fingerprint density at radius 3 is 2.78 bits per heavy atom. The molecule has 0 saturated carbocycles. The van der Waals surface area contributed by atoms with Crippen LogP contribution in [0.15, 0.2) is 41.3 Å². The molecule has 2 heterocycles. The van der Waals surface area contributed by atoms with E-state index >= 15 is 0 Å². The highest BCUT2D eigenvalue weighted by Crippen LogP contribution is 2.06. The van der Waals surface area contributed by atoms with Crippen molar-refractivity contribution in [1.82, 2.24) is 20.2 Å². The number of fused-ring (bicyclic) bond motifs is 1. The van der Waals surface area contributed by atoms with Crippen LogP contribution in [-0.4, -0.2) is 20.2 Å². The first-order valence-corrected chi connectivity index (χ1v) is 5.49. The maximum absolute atomic E-state index is 11.7. The van der Waals surface area contributed by atoms with E-state index in [-0.39, 0.29) is 5.56 Å². The first-order chi connectivity index (χ1) is 8.83. The maximum Gasteiger partial charge on any atom is 0.262 e. The second-order valence-electron chi connectivity index (χ2n) is 3.83. The molecule has 0 radical (unpaired) electrons. The molecule has 2 N–H and O–H groups in total. The van der Waals surface area contributed by atoms with Crippen molar-refractivity contribution in [2.45, 2.75) is 0 Å². The van der Waals surface area contributed by atoms with Crippen molar-refractivity contribution in [3.8, 4) is 0 Å². The Bertz CT molecular complexity index is 755. The molecule has 0 atom stereocenters. The fraction of sp³-hybridized carbons (Fsp3) is 0. The normalized spacial score (nSPS) is 11.3. The average molecular weight is 238 g/mol. The van der Waals surface area contributed by atoms with E-state index in [2.05, 4.69) is 20.2 Å². The van der Waals surface area contributed by atoms with Crippen LogP contribution in [0.1, 0.15) is 11.4 Å². The SMILES string of the molecule is O=c1[nH]c(C=Cc2ccccc2)nc2[nH]ncc12. The molecule has 18 heavy (non-hydrogen) atoms. The first kappa shape index (κ1) is 10.5. The van der Waals surface area contributed by atoms with Gasteiger partial charge in [0.2, 0.25) is 0 Å². The molecule has 0 fully saturated rings. The predicted molar refractivity (Wildman–Crippen MR) is 69.9 cm³/mol. The second-order valence-corrected chi connectivity index (χ2v) is 3.83. The molecule has 0 bridgehead atoms. The minimum atomic E-state index is -0.193. The van der Waals surface area contributed by atoms with Crippen LogP contribution in [0.2, 0.25) is 0 Å². The van der Waals surface area contributed by atoms with E-state index < -0.39 is 0 Å². The lowest BCUT2D eigenvalue weighted by Crippen LogP contribution is -2.08. The van der Waals surface area contributed by atoms with Crippen LogP contribution < -0.4 is 5.56 Å². The summed E-state index contributed by atoms with van der Waals surface area (Å²) in [6.45, 7) is 0. The number of hydrogen-bond donors (Lipinski definition) is 2. The van der Waals surface area contributed by atoms with E-state index in [1.54, 1.807) is 6.08 Å². The van der Waals surface area contributed by atoms with Crippen LogP contribution >= 0.6 is 0 Å². The number of aromatic amines is 2. The van der Waals surface area contributed by atoms with E-state index in [9.17, 15) is 4.79 Å². The molecule has 0 aliphatic rings. The topological polar surface area (TPSA) is 74.4 Å². The summed E-state index contributed by atoms with van der Waals surface area (Å²) in [6, 6.07) is 9.81. The van der Waals surface area contributed by atoms with Gasteiger partial charge in [0.05, 0.1) is 6.20 Å². The first-order valence-electron chi connectivity index (χ1n) is 5.49. The van der Waals surface area contributed by atoms with Crippen LogP contribution in [0.3, 0.4) is 0 Å². The zero-order valence-electron chi connectivity index (χ0n) is 9.42. The molecule has 1 aromatic carbocycles. The van der Waals surface area contributed by atoms with Crippen LogP contribution in [0.25, 0.3) is 23.2 Å². The average Bonchev–Trinajstić information content (AvgIpc) is 2.86. The molecular formula is C13H10N4O. The van der Waals surface area contributed by atoms with E-state index in [4.69, 9.17) is 0 Å². The fourth-order valence-corrected chi connectivity index (χ4v) is 1.68. The quantitative estimate of drug-likeness (QED) is 0.715. The Balaban J connectivity index is 2.00. The van der Waals surface area contributed by atoms with Crippen molar-refractivity contribution >= 4 is 23.2 Å². The summed E-state index contributed by atoms with van der Waals surface area (Å²) in [5.41, 5.74) is 1.35. The molecule has 2 aromatic heterocycles. The summed E-state index contributed by atoms with van der Waals surface area (Å²) < 4.78 is 0. The van der Waals surface area contributed by atoms with Crippen molar-refractivity contribution in [1.29, 1.82) is 0 Å². The van der Waals surface area contributed by atoms with Crippen LogP contribution in [0, 0.1) is 0 Å². The molecule has 0 aliphatic heterocycles. The van der Waals surface area contributed by atoms with E-state index in [0.717, 1.165) is 5.56 Å². The Kier molecular flexibility index (Phi) is 2.49. The fourth-order valence-electron chi connectivity index (χ4n) is 1.68. The summed E-state index contributed by atoms with van der Waals surface area (Å²) in [5.74, 6) is 0.501. The lowest BCUT2D eigenvalue weighted by molar-refractivity contribution is 1.07. The number of hydrogen-bond acceptors (Lipinski definition) is 3. The lowest BCUT2D eigenvalue weighted by Gasteiger charge is -1.94. The Hall–Kier alpha value is -2.69. The van der Waals surface area contributed by atoms with Crippen molar-refractivity contribution in [3.63, 3.8) is 0 Å². The standard InChI is InChI=1S/C13H10N4O/c18-13-10-8-14-17-12(10)15-11(16-13)7-6-9-4-2-1-3-5-9/h1-8H,(H2,14,15,16,17,18). The van der Waals surface area contributed by atoms with Gasteiger partial charge in [-0.15, -0.1) is 0 Å². The van der Waals surface area contributed by atoms with Crippen molar-refractivity contribution in [2.75, 3.05) is 0 Å². The number of nitrogens with zero attached hydrogens (tertiary/aromatic N) is 2. The Morgan fingerprint density at radius 2 is 1.94 bits per heavy atom. The van der Waals surface area contributed by atoms with Gasteiger partial charge in [-0.25, -0.2) is 4.98 Å². The molecule has 88 valence electrons. The third-order valence-corrected chi connectivity index (χ3v) is 2.57. The summed E-state index contributed by atoms with van der Waals surface area (Å²) in [4.78, 5) is 18.6. The van der Waals surface area contributed by atoms with Gasteiger partial charge in [-0.3, -0.25) is 9.89 Å². The van der Waals surface area contributed by atoms with Gasteiger partial charge in [0.25, 0.3) is 5.56 Å². The number of aromatic nitrogens is 4. The highest BCUT2D eigenvalue weighted by molar-refractivity contribution is 5.74. The third kappa shape index (κ3) is 1.93. The minimum absolute atomic E-state index is 0.193. The predicted octanol–water partition coefficient (Wildman–Crippen LogP) is 1.82. The Labute approximate surface area is 102 Å². The molecule has 0 amide bonds. The zero-order chi connectivity index (χ0) is 12.4. The smallest absolute Gasteiger partial charge is 0.262 e. The lowest BCUT2D eigenvalue weighted by atomic mass is 10.2. The van der Waals surface area contributed by atoms with Gasteiger partial charge >= 0.3 is 0 Å². The van der Waals surface area contributed by atoms with Gasteiger partial charge in [0, 0.05) is 0 Å². The number of benzene rings is 1. The number of rotatable bonds is 2. The molecule has 3 rings (SSSR count). The van der Waals surface area contributed by atoms with Gasteiger partial charge in [-0.05, 0) is 11.6 Å². The molecule has 3 aromatic rings. The van der Waals surface area contributed by atoms with Gasteiger partial charge < -0.3 is 4.98 Å². The van der Waals surface area contributed by atoms with Crippen molar-refractivity contribution in [2.24, 2.45) is 0 Å². The molecule has 0 spiro atoms. The highest BCUT2D eigenvalue weighted by Gasteiger charge is 2.02. The molecule has 0 aliphatic carbocycles. The van der Waals surface area contributed by atoms with Crippen LogP contribution in [0.4, 0.5) is 0 Å². The van der Waals surface area contributed by atoms with E-state index in [0.29, 0.717) is 16.9 Å². The molecule has 0 unspecified atom stereocenters. The third-order valence-electron chi connectivity index (χ3n) is 2.57. The molecule has 5 nitrogen and oxygen atoms in total. The molecule has 0 saturated heterocycles. The van der Waals surface area contributed by atoms with E-state index in [1.807, 2.05) is 36.4 Å². The van der Waals surface area contributed by atoms with Crippen molar-refractivity contribution in [3.05, 3.63) is 58.3 Å². The van der Waals surface area contributed by atoms with Crippen LogP contribution in [0.5, 0.6) is 0 Å². The molecule has 5 heteroatoms. The Morgan fingerprint density at radius 1 is 1.11 bits per heavy atom. The molecular weight excluding hydrogens is 228 g/mol. The maximum atomic E-state index is 11.7. The number of nitrogens with one attached hydrogen (secondary N) is 2. The highest BCUT2D eigenvalue weighted by atomic mass is 16.1. The second kappa shape index (κ2) is 4.29. The summed E-state index contributed by atoms with van der Waals surface area (Å²) in [5, 5.41) is 6.94. The summed E-state index contributed by atoms with van der Waals surface area (Å²) in [6.07, 6.45) is 5.11. The van der Waals surface area contributed by atoms with Crippen molar-refractivity contribution < 1.29 is 0 Å². The van der Waals surface area contributed by atoms with E-state index in [1.165, 1.54) is 6.20 Å². The van der Waals surface area contributed by atoms with Gasteiger partial charge in [0.1, 0.15) is 11.2 Å². The van der Waals surface area contributed by atoms with Gasteiger partial charge in [0.15, 0.2) is 5.65 Å². The summed E-state index contributed by atoms with van der Waals surface area (Å²) >= 11 is 0. The monoisotopic (exact) mass is 238 g/mol. The largest absolute Gasteiger partial charge is 0.306 e. The van der Waals surface area contributed by atoms with Crippen LogP contribution in [-0.2, 0) is 0 Å². The summed E-state index contributed by atoms with van der Waals surface area (Å²) in [7, 11) is 0. The minimum Gasteiger partial charge on any atom is -0.306 e. The van der Waals surface area contributed by atoms with Gasteiger partial charge in [-0.1, -0.05) is 36.4 Å².